The molecule has 2 aromatic heterocycles. The quantitative estimate of drug-likeness (QED) is 0.399. The second-order valence-electron chi connectivity index (χ2n) is 6.72. The summed E-state index contributed by atoms with van der Waals surface area (Å²) >= 11 is 7.96. The number of nitrogens with zero attached hydrogens (tertiary/aromatic N) is 4. The normalized spacial score (nSPS) is 20.2. The van der Waals surface area contributed by atoms with Crippen molar-refractivity contribution in [2.75, 3.05) is 11.1 Å². The topological polar surface area (TPSA) is 134 Å². The lowest BCUT2D eigenvalue weighted by Crippen LogP contribution is -2.70. The first-order chi connectivity index (χ1) is 14.7. The summed E-state index contributed by atoms with van der Waals surface area (Å²) in [7, 11) is 0. The van der Waals surface area contributed by atoms with Crippen molar-refractivity contribution in [1.29, 1.82) is 0 Å². The molecule has 1 fully saturated rings. The summed E-state index contributed by atoms with van der Waals surface area (Å²) in [5, 5.41) is 15.8. The number of aryl methyl sites for hydroxylation is 1. The number of thiazole rings is 1. The van der Waals surface area contributed by atoms with E-state index in [0.29, 0.717) is 27.2 Å². The van der Waals surface area contributed by atoms with Gasteiger partial charge in [0.05, 0.1) is 12.1 Å². The average molecular weight is 497 g/mol. The van der Waals surface area contributed by atoms with Gasteiger partial charge >= 0.3 is 0 Å². The Labute approximate surface area is 194 Å². The maximum absolute atomic E-state index is 12.8. The lowest BCUT2D eigenvalue weighted by atomic mass is 10.0. The summed E-state index contributed by atoms with van der Waals surface area (Å²) in [5.41, 5.74) is 1.31. The number of fused-ring (bicyclic) bond motifs is 1. The standard InChI is InChI=1S/C17H16N6O4S4/c1-6(24)18-17-19-8(4-30-17)3-10(25)20-11-14(26)23-12(16(27)28)9(5-29-15(11)23)13-22-21-7(2)31-13/h4,11,15H,3,5H2,1-2H3,(H,20,25)(H,27,28)(H,18,19,24)/t11-,15-/m1/s1. The van der Waals surface area contributed by atoms with Gasteiger partial charge in [0, 0.05) is 23.6 Å². The van der Waals surface area contributed by atoms with Crippen LogP contribution in [0.5, 0.6) is 0 Å². The summed E-state index contributed by atoms with van der Waals surface area (Å²) in [5.74, 6) is -0.542. The van der Waals surface area contributed by atoms with Crippen LogP contribution in [0.4, 0.5) is 5.13 Å². The van der Waals surface area contributed by atoms with Gasteiger partial charge in [-0.25, -0.2) is 4.98 Å². The number of anilines is 1. The highest BCUT2D eigenvalue weighted by atomic mass is 32.2. The van der Waals surface area contributed by atoms with Gasteiger partial charge in [-0.1, -0.05) is 24.0 Å². The lowest BCUT2D eigenvalue weighted by molar-refractivity contribution is -0.146. The molecule has 0 spiro atoms. The minimum Gasteiger partial charge on any atom is -0.341 e. The highest BCUT2D eigenvalue weighted by molar-refractivity contribution is 8.00. The molecule has 0 aliphatic carbocycles. The van der Waals surface area contributed by atoms with E-state index in [2.05, 4.69) is 38.4 Å². The molecule has 4 rings (SSSR count). The molecule has 2 aromatic rings. The van der Waals surface area contributed by atoms with Crippen molar-refractivity contribution in [1.82, 2.24) is 25.4 Å². The van der Waals surface area contributed by atoms with E-state index in [9.17, 15) is 19.2 Å². The van der Waals surface area contributed by atoms with Crippen molar-refractivity contribution >= 4 is 80.6 Å². The molecule has 0 aromatic carbocycles. The highest BCUT2D eigenvalue weighted by Gasteiger charge is 2.54. The van der Waals surface area contributed by atoms with Crippen molar-refractivity contribution in [3.05, 3.63) is 26.8 Å². The Morgan fingerprint density at radius 2 is 2.10 bits per heavy atom. The number of aromatic nitrogens is 3. The van der Waals surface area contributed by atoms with Gasteiger partial charge in [0.2, 0.25) is 16.9 Å². The molecule has 2 aliphatic rings. The first-order valence-corrected chi connectivity index (χ1v) is 12.2. The van der Waals surface area contributed by atoms with Gasteiger partial charge < -0.3 is 10.6 Å². The van der Waals surface area contributed by atoms with E-state index >= 15 is 0 Å². The van der Waals surface area contributed by atoms with Gasteiger partial charge in [0.25, 0.3) is 5.91 Å². The SMILES string of the molecule is CC(=O)Nc1nc(CC(=O)N[C@@H]2C(=O)N3C(C(=O)S)=C(c4nnc(C)s4)CS[C@H]23)cs1. The van der Waals surface area contributed by atoms with Crippen LogP contribution in [0.3, 0.4) is 0 Å². The van der Waals surface area contributed by atoms with Crippen LogP contribution in [-0.2, 0) is 25.6 Å². The van der Waals surface area contributed by atoms with Crippen molar-refractivity contribution in [3.63, 3.8) is 0 Å². The van der Waals surface area contributed by atoms with Gasteiger partial charge in [-0.15, -0.1) is 33.3 Å². The third-order valence-corrected chi connectivity index (χ3v) is 7.64. The van der Waals surface area contributed by atoms with Crippen LogP contribution in [0.25, 0.3) is 5.57 Å². The Morgan fingerprint density at radius 3 is 2.74 bits per heavy atom. The molecule has 2 N–H and O–H groups in total. The smallest absolute Gasteiger partial charge is 0.253 e. The largest absolute Gasteiger partial charge is 0.341 e. The predicted molar refractivity (Wildman–Crippen MR) is 121 cm³/mol. The molecule has 4 heterocycles. The number of carbonyl (C=O) groups is 4. The summed E-state index contributed by atoms with van der Waals surface area (Å²) in [4.78, 5) is 54.1. The Morgan fingerprint density at radius 1 is 1.32 bits per heavy atom. The van der Waals surface area contributed by atoms with Gasteiger partial charge in [0.15, 0.2) is 5.13 Å². The number of nitrogens with one attached hydrogen (secondary N) is 2. The van der Waals surface area contributed by atoms with E-state index in [0.717, 1.165) is 5.01 Å². The van der Waals surface area contributed by atoms with Crippen LogP contribution < -0.4 is 10.6 Å². The molecule has 0 radical (unpaired) electrons. The number of rotatable bonds is 6. The second-order valence-corrected chi connectivity index (χ2v) is 10.3. The Balaban J connectivity index is 1.45. The molecule has 0 bridgehead atoms. The predicted octanol–water partition coefficient (Wildman–Crippen LogP) is 1.07. The fraction of sp³-hybridized carbons (Fsp3) is 0.353. The number of hydrogen-bond donors (Lipinski definition) is 3. The molecule has 1 saturated heterocycles. The molecule has 14 heteroatoms. The minimum atomic E-state index is -0.744. The number of amides is 3. The molecule has 0 saturated carbocycles. The maximum atomic E-state index is 12.8. The van der Waals surface area contributed by atoms with Crippen molar-refractivity contribution < 1.29 is 19.2 Å². The number of β-lactam (4-membered cyclic amide) rings is 1. The highest BCUT2D eigenvalue weighted by Crippen LogP contribution is 2.44. The van der Waals surface area contributed by atoms with Crippen molar-refractivity contribution in [2.45, 2.75) is 31.7 Å². The number of hydrogen-bond acceptors (Lipinski definition) is 10. The monoisotopic (exact) mass is 496 g/mol. The fourth-order valence-electron chi connectivity index (χ4n) is 3.19. The molecular weight excluding hydrogens is 480 g/mol. The van der Waals surface area contributed by atoms with E-state index in [1.807, 2.05) is 6.92 Å². The van der Waals surface area contributed by atoms with Crippen molar-refractivity contribution in [2.24, 2.45) is 0 Å². The molecule has 2 aliphatic heterocycles. The van der Waals surface area contributed by atoms with E-state index in [-0.39, 0.29) is 29.8 Å². The minimum absolute atomic E-state index is 0.0270. The third kappa shape index (κ3) is 4.37. The second kappa shape index (κ2) is 8.68. The van der Waals surface area contributed by atoms with Crippen LogP contribution >= 0.6 is 47.1 Å². The van der Waals surface area contributed by atoms with E-state index in [1.165, 1.54) is 46.3 Å². The Bertz CT molecular complexity index is 1130. The van der Waals surface area contributed by atoms with Crippen molar-refractivity contribution in [3.8, 4) is 0 Å². The molecule has 162 valence electrons. The van der Waals surface area contributed by atoms with E-state index < -0.39 is 16.5 Å². The molecule has 2 atom stereocenters. The Hall–Kier alpha value is -2.29. The molecule has 10 nitrogen and oxygen atoms in total. The molecular formula is C17H16N6O4S4. The van der Waals surface area contributed by atoms with E-state index in [4.69, 9.17) is 0 Å². The zero-order valence-electron chi connectivity index (χ0n) is 16.2. The molecule has 31 heavy (non-hydrogen) atoms. The molecule has 0 unspecified atom stereocenters. The number of carbonyl (C=O) groups excluding carboxylic acids is 4. The lowest BCUT2D eigenvalue weighted by Gasteiger charge is -2.49. The first kappa shape index (κ1) is 21.9. The number of thioether (sulfide) groups is 1. The maximum Gasteiger partial charge on any atom is 0.253 e. The summed E-state index contributed by atoms with van der Waals surface area (Å²) in [6.07, 6.45) is -0.0270. The molecule has 3 amide bonds. The van der Waals surface area contributed by atoms with Crippen LogP contribution in [-0.4, -0.2) is 60.1 Å². The third-order valence-electron chi connectivity index (χ3n) is 4.45. The van der Waals surface area contributed by atoms with Gasteiger partial charge in [-0.3, -0.25) is 24.1 Å². The zero-order valence-corrected chi connectivity index (χ0v) is 19.6. The first-order valence-electron chi connectivity index (χ1n) is 8.97. The van der Waals surface area contributed by atoms with Crippen LogP contribution in [0.2, 0.25) is 0 Å². The summed E-state index contributed by atoms with van der Waals surface area (Å²) in [6, 6.07) is -0.744. The Kier molecular flexibility index (Phi) is 6.14. The van der Waals surface area contributed by atoms with E-state index in [1.54, 1.807) is 5.38 Å². The van der Waals surface area contributed by atoms with Gasteiger partial charge in [-0.05, 0) is 6.92 Å². The van der Waals surface area contributed by atoms with Crippen LogP contribution in [0.1, 0.15) is 22.6 Å². The van der Waals surface area contributed by atoms with Crippen LogP contribution in [0, 0.1) is 6.92 Å². The summed E-state index contributed by atoms with van der Waals surface area (Å²) in [6.45, 7) is 3.18. The van der Waals surface area contributed by atoms with Crippen LogP contribution in [0.15, 0.2) is 11.1 Å². The van der Waals surface area contributed by atoms with Gasteiger partial charge in [0.1, 0.15) is 27.1 Å². The number of thiol groups is 1. The summed E-state index contributed by atoms with van der Waals surface area (Å²) < 4.78 is 0. The fourth-order valence-corrected chi connectivity index (χ4v) is 6.36. The van der Waals surface area contributed by atoms with Gasteiger partial charge in [-0.2, -0.15) is 0 Å². The zero-order chi connectivity index (χ0) is 22.3. The average Bonchev–Trinajstić information content (AvgIpc) is 3.32.